The average molecular weight is 331 g/mol. The lowest BCUT2D eigenvalue weighted by atomic mass is 9.65. The van der Waals surface area contributed by atoms with Gasteiger partial charge in [-0.1, -0.05) is 30.7 Å². The molecule has 0 amide bonds. The molecule has 0 radical (unpaired) electrons. The first-order chi connectivity index (χ1) is 11.6. The van der Waals surface area contributed by atoms with Gasteiger partial charge in [0, 0.05) is 38.6 Å². The Hall–Kier alpha value is -0.640. The quantitative estimate of drug-likeness (QED) is 0.783. The summed E-state index contributed by atoms with van der Waals surface area (Å²) in [6, 6.07) is 0.693. The lowest BCUT2D eigenvalue weighted by Gasteiger charge is -2.46. The zero-order valence-corrected chi connectivity index (χ0v) is 15.3. The second-order valence-corrected chi connectivity index (χ2v) is 9.21. The van der Waals surface area contributed by atoms with Gasteiger partial charge in [0.25, 0.3) is 0 Å². The summed E-state index contributed by atoms with van der Waals surface area (Å²) >= 11 is 0. The van der Waals surface area contributed by atoms with Gasteiger partial charge in [-0.25, -0.2) is 0 Å². The topological polar surface area (TPSA) is 24.5 Å². The van der Waals surface area contributed by atoms with E-state index in [1.807, 2.05) is 0 Å². The van der Waals surface area contributed by atoms with Crippen molar-refractivity contribution in [2.24, 2.45) is 23.7 Å². The minimum Gasteiger partial charge on any atom is -0.375 e. The molecule has 3 heteroatoms. The molecule has 24 heavy (non-hydrogen) atoms. The molecule has 2 heterocycles. The Kier molecular flexibility index (Phi) is 3.53. The zero-order valence-electron chi connectivity index (χ0n) is 15.3. The number of morpholine rings is 1. The Morgan fingerprint density at radius 3 is 3.12 bits per heavy atom. The van der Waals surface area contributed by atoms with E-state index in [9.17, 15) is 0 Å². The largest absolute Gasteiger partial charge is 0.375 e. The fourth-order valence-electron chi connectivity index (χ4n) is 6.69. The van der Waals surface area contributed by atoms with Crippen molar-refractivity contribution in [3.63, 3.8) is 0 Å². The summed E-state index contributed by atoms with van der Waals surface area (Å²) < 4.78 is 5.74. The number of allylic oxidation sites excluding steroid dienone is 3. The second-order valence-electron chi connectivity index (χ2n) is 9.21. The van der Waals surface area contributed by atoms with Crippen LogP contribution in [-0.4, -0.2) is 48.8 Å². The first-order valence-corrected chi connectivity index (χ1v) is 10.0. The first-order valence-electron chi connectivity index (χ1n) is 10.0. The smallest absolute Gasteiger partial charge is 0.0718 e. The molecule has 1 N–H and O–H groups in total. The summed E-state index contributed by atoms with van der Waals surface area (Å²) in [5, 5.41) is 4.10. The molecule has 3 aliphatic carbocycles. The van der Waals surface area contributed by atoms with Crippen molar-refractivity contribution >= 4 is 0 Å². The molecule has 0 aromatic heterocycles. The normalized spacial score (nSPS) is 49.0. The van der Waals surface area contributed by atoms with Crippen LogP contribution in [0.2, 0.25) is 0 Å². The Labute approximate surface area is 148 Å². The number of hydrogen-bond acceptors (Lipinski definition) is 3. The second kappa shape index (κ2) is 5.43. The fraction of sp³-hybridized carbons (Fsp3) is 0.810. The molecule has 2 saturated carbocycles. The van der Waals surface area contributed by atoms with E-state index in [1.165, 1.54) is 37.8 Å². The lowest BCUT2D eigenvalue weighted by molar-refractivity contribution is 0.0288. The fourth-order valence-corrected chi connectivity index (χ4v) is 6.69. The molecule has 4 fully saturated rings. The minimum absolute atomic E-state index is 0. The van der Waals surface area contributed by atoms with Crippen molar-refractivity contribution in [1.29, 1.82) is 0 Å². The summed E-state index contributed by atoms with van der Waals surface area (Å²) in [7, 11) is 0. The molecule has 2 aliphatic heterocycles. The average Bonchev–Trinajstić information content (AvgIpc) is 2.91. The van der Waals surface area contributed by atoms with Crippen molar-refractivity contribution in [2.75, 3.05) is 26.2 Å². The van der Waals surface area contributed by atoms with Gasteiger partial charge in [0.15, 0.2) is 0 Å². The predicted octanol–water partition coefficient (Wildman–Crippen LogP) is 3.23. The number of hydrogen-bond donors (Lipinski definition) is 1. The SMILES string of the molecule is C=C(C)[C@@H]1CC[C@]2(NCCN3CC4CC3CO4)CC3C=C3[C@H](C)[C@@H]12.[HH]. The van der Waals surface area contributed by atoms with Crippen LogP contribution in [0.3, 0.4) is 0 Å². The van der Waals surface area contributed by atoms with Crippen LogP contribution in [0.1, 0.15) is 41.0 Å². The van der Waals surface area contributed by atoms with Crippen LogP contribution in [0.25, 0.3) is 0 Å². The molecule has 5 aliphatic rings. The number of nitrogens with zero attached hydrogens (tertiary/aromatic N) is 1. The molecule has 7 atom stereocenters. The van der Waals surface area contributed by atoms with E-state index in [-0.39, 0.29) is 1.43 Å². The molecule has 3 nitrogen and oxygen atoms in total. The molecular formula is C21H34N2O. The van der Waals surface area contributed by atoms with Gasteiger partial charge >= 0.3 is 0 Å². The van der Waals surface area contributed by atoms with Crippen LogP contribution in [-0.2, 0) is 4.74 Å². The Morgan fingerprint density at radius 1 is 1.54 bits per heavy atom. The van der Waals surface area contributed by atoms with E-state index in [0.29, 0.717) is 23.6 Å². The van der Waals surface area contributed by atoms with Crippen molar-refractivity contribution in [1.82, 2.24) is 10.2 Å². The van der Waals surface area contributed by atoms with Gasteiger partial charge in [0.2, 0.25) is 0 Å². The monoisotopic (exact) mass is 330 g/mol. The van der Waals surface area contributed by atoms with Crippen molar-refractivity contribution < 1.29 is 6.16 Å². The highest BCUT2D eigenvalue weighted by molar-refractivity contribution is 5.39. The van der Waals surface area contributed by atoms with Crippen LogP contribution >= 0.6 is 0 Å². The van der Waals surface area contributed by atoms with Gasteiger partial charge in [-0.15, -0.1) is 0 Å². The molecular weight excluding hydrogens is 296 g/mol. The number of nitrogens with one attached hydrogen (secondary N) is 1. The van der Waals surface area contributed by atoms with E-state index in [0.717, 1.165) is 37.5 Å². The lowest BCUT2D eigenvalue weighted by Crippen LogP contribution is -2.56. The van der Waals surface area contributed by atoms with E-state index in [2.05, 4.69) is 36.7 Å². The summed E-state index contributed by atoms with van der Waals surface area (Å²) in [6.07, 6.45) is 8.34. The van der Waals surface area contributed by atoms with Gasteiger partial charge in [0.05, 0.1) is 12.7 Å². The molecule has 2 saturated heterocycles. The summed E-state index contributed by atoms with van der Waals surface area (Å²) in [5.74, 6) is 3.03. The number of ether oxygens (including phenoxy) is 1. The maximum Gasteiger partial charge on any atom is 0.0718 e. The summed E-state index contributed by atoms with van der Waals surface area (Å²) in [5.41, 5.74) is 3.52. The van der Waals surface area contributed by atoms with Gasteiger partial charge < -0.3 is 10.1 Å². The Balaban J connectivity index is 0.00000157. The third kappa shape index (κ3) is 2.28. The van der Waals surface area contributed by atoms with Crippen LogP contribution in [0.15, 0.2) is 23.8 Å². The molecule has 5 rings (SSSR count). The molecule has 0 spiro atoms. The highest BCUT2D eigenvalue weighted by Crippen LogP contribution is 2.61. The molecule has 134 valence electrons. The molecule has 0 aromatic carbocycles. The third-order valence-electron chi connectivity index (χ3n) is 7.86. The van der Waals surface area contributed by atoms with Gasteiger partial charge in [-0.2, -0.15) is 0 Å². The van der Waals surface area contributed by atoms with E-state index in [1.54, 1.807) is 5.57 Å². The first kappa shape index (κ1) is 15.6. The van der Waals surface area contributed by atoms with Gasteiger partial charge in [-0.05, 0) is 50.4 Å². The van der Waals surface area contributed by atoms with Crippen LogP contribution < -0.4 is 5.32 Å². The standard InChI is InChI=1S/C21H32N2O.H2/c1-13(2)18-4-5-21(10-15-8-19(15)14(3)20(18)21)22-6-7-23-11-17-9-16(23)12-24-17;/h8,14-18,20,22H,1,4-7,9-12H2,2-3H3;1H/t14-,15?,16?,17?,18-,20-,21-;/m0./s1. The maximum atomic E-state index is 5.74. The van der Waals surface area contributed by atoms with Gasteiger partial charge in [0.1, 0.15) is 0 Å². The number of likely N-dealkylation sites (tertiary alicyclic amines) is 1. The van der Waals surface area contributed by atoms with Crippen molar-refractivity contribution in [3.8, 4) is 0 Å². The maximum absolute atomic E-state index is 5.74. The minimum atomic E-state index is 0. The summed E-state index contributed by atoms with van der Waals surface area (Å²) in [4.78, 5) is 2.66. The Morgan fingerprint density at radius 2 is 2.42 bits per heavy atom. The van der Waals surface area contributed by atoms with Crippen molar-refractivity contribution in [2.45, 2.75) is 57.2 Å². The molecule has 3 unspecified atom stereocenters. The number of rotatable bonds is 5. The molecule has 2 bridgehead atoms. The summed E-state index contributed by atoms with van der Waals surface area (Å²) in [6.45, 7) is 13.5. The third-order valence-corrected chi connectivity index (χ3v) is 7.86. The van der Waals surface area contributed by atoms with E-state index >= 15 is 0 Å². The molecule has 0 aromatic rings. The Bertz CT molecular complexity index is 590. The van der Waals surface area contributed by atoms with E-state index < -0.39 is 0 Å². The van der Waals surface area contributed by atoms with Crippen molar-refractivity contribution in [3.05, 3.63) is 23.8 Å². The van der Waals surface area contributed by atoms with Crippen LogP contribution in [0.5, 0.6) is 0 Å². The predicted molar refractivity (Wildman–Crippen MR) is 98.9 cm³/mol. The highest BCUT2D eigenvalue weighted by Gasteiger charge is 2.58. The highest BCUT2D eigenvalue weighted by atomic mass is 16.5. The van der Waals surface area contributed by atoms with Gasteiger partial charge in [-0.3, -0.25) is 4.90 Å². The van der Waals surface area contributed by atoms with Crippen LogP contribution in [0.4, 0.5) is 0 Å². The number of fused-ring (bicyclic) bond motifs is 4. The van der Waals surface area contributed by atoms with Crippen LogP contribution in [0, 0.1) is 23.7 Å². The zero-order chi connectivity index (χ0) is 16.5. The van der Waals surface area contributed by atoms with E-state index in [4.69, 9.17) is 4.74 Å².